The second-order valence-electron chi connectivity index (χ2n) is 4.28. The lowest BCUT2D eigenvalue weighted by Gasteiger charge is -2.02. The van der Waals surface area contributed by atoms with Crippen molar-refractivity contribution in [1.29, 1.82) is 0 Å². The lowest BCUT2D eigenvalue weighted by atomic mass is 10.3. The van der Waals surface area contributed by atoms with Crippen molar-refractivity contribution in [3.8, 4) is 0 Å². The summed E-state index contributed by atoms with van der Waals surface area (Å²) in [5.41, 5.74) is 0.664. The quantitative estimate of drug-likeness (QED) is 0.818. The summed E-state index contributed by atoms with van der Waals surface area (Å²) in [5, 5.41) is 0.326. The summed E-state index contributed by atoms with van der Waals surface area (Å²) in [6.45, 7) is 5.36. The predicted octanol–water partition coefficient (Wildman–Crippen LogP) is 2.07. The number of nitrogens with zero attached hydrogens (tertiary/aromatic N) is 1. The van der Waals surface area contributed by atoms with Crippen molar-refractivity contribution in [2.45, 2.75) is 25.8 Å². The number of H-pyrrole nitrogens is 1. The molecule has 21 heavy (non-hydrogen) atoms. The highest BCUT2D eigenvalue weighted by Crippen LogP contribution is 2.29. The molecule has 0 aliphatic heterocycles. The van der Waals surface area contributed by atoms with Crippen LogP contribution in [0.15, 0.2) is 17.3 Å². The highest BCUT2D eigenvalue weighted by atomic mass is 32.2. The molecule has 2 rings (SSSR count). The van der Waals surface area contributed by atoms with E-state index in [4.69, 9.17) is 4.74 Å². The Labute approximate surface area is 126 Å². The number of ether oxygens (including phenoxy) is 1. The molecule has 0 saturated heterocycles. The molecule has 0 amide bonds. The molecule has 7 nitrogen and oxygen atoms in total. The number of hydrogen-bond donors (Lipinski definition) is 2. The lowest BCUT2D eigenvalue weighted by Crippen LogP contribution is -2.12. The first-order chi connectivity index (χ1) is 9.83. The van der Waals surface area contributed by atoms with Crippen molar-refractivity contribution in [2.24, 2.45) is 0 Å². The third-order valence-electron chi connectivity index (χ3n) is 2.58. The molecule has 0 unspecified atom stereocenters. The van der Waals surface area contributed by atoms with Crippen LogP contribution in [0.3, 0.4) is 0 Å². The minimum absolute atomic E-state index is 0.0243. The van der Waals surface area contributed by atoms with E-state index in [0.29, 0.717) is 21.3 Å². The topological polar surface area (TPSA) is 101 Å². The number of imidazole rings is 1. The van der Waals surface area contributed by atoms with Crippen molar-refractivity contribution in [3.05, 3.63) is 28.5 Å². The molecule has 0 spiro atoms. The normalized spacial score (nSPS) is 11.4. The molecule has 2 N–H and O–H groups in total. The average Bonchev–Trinajstić information content (AvgIpc) is 2.96. The first kappa shape index (κ1) is 15.5. The van der Waals surface area contributed by atoms with Crippen molar-refractivity contribution in [2.75, 3.05) is 11.3 Å². The van der Waals surface area contributed by atoms with Gasteiger partial charge in [-0.3, -0.25) is 4.72 Å². The molecule has 0 radical (unpaired) electrons. The van der Waals surface area contributed by atoms with E-state index in [2.05, 4.69) is 14.7 Å². The molecule has 0 aliphatic rings. The Hall–Kier alpha value is -1.87. The summed E-state index contributed by atoms with van der Waals surface area (Å²) in [6, 6.07) is 1.59. The third-order valence-corrected chi connectivity index (χ3v) is 5.12. The van der Waals surface area contributed by atoms with E-state index in [9.17, 15) is 13.2 Å². The molecule has 0 bridgehead atoms. The lowest BCUT2D eigenvalue weighted by molar-refractivity contribution is 0.0531. The number of nitrogens with one attached hydrogen (secondary N) is 2. The number of esters is 1. The molecule has 2 aromatic heterocycles. The summed E-state index contributed by atoms with van der Waals surface area (Å²) in [7, 11) is -3.74. The Morgan fingerprint density at radius 1 is 1.48 bits per heavy atom. The van der Waals surface area contributed by atoms with Gasteiger partial charge in [0.15, 0.2) is 5.03 Å². The SMILES string of the molecule is CCOC(=O)c1sc(NS(=O)(=O)c2cnc(C)[nH]2)cc1C. The standard InChI is InChI=1S/C12H15N3O4S2/c1-4-19-12(16)11-7(2)5-9(20-11)15-21(17,18)10-6-13-8(3)14-10/h5-6,15H,4H2,1-3H3,(H,13,14). The number of hydrogen-bond acceptors (Lipinski definition) is 6. The molecule has 114 valence electrons. The number of aryl methyl sites for hydroxylation is 2. The van der Waals surface area contributed by atoms with Crippen molar-refractivity contribution in [3.63, 3.8) is 0 Å². The maximum absolute atomic E-state index is 12.1. The van der Waals surface area contributed by atoms with E-state index in [1.54, 1.807) is 26.8 Å². The number of sulfonamides is 1. The second kappa shape index (κ2) is 5.86. The Bertz CT molecular complexity index is 761. The fraction of sp³-hybridized carbons (Fsp3) is 0.333. The van der Waals surface area contributed by atoms with Gasteiger partial charge in [-0.1, -0.05) is 0 Å². The van der Waals surface area contributed by atoms with E-state index in [0.717, 1.165) is 11.3 Å². The highest BCUT2D eigenvalue weighted by molar-refractivity contribution is 7.92. The van der Waals surface area contributed by atoms with Crippen LogP contribution < -0.4 is 4.72 Å². The van der Waals surface area contributed by atoms with Crippen LogP contribution in [0.25, 0.3) is 0 Å². The molecule has 2 aromatic rings. The minimum atomic E-state index is -3.74. The van der Waals surface area contributed by atoms with Crippen LogP contribution in [0, 0.1) is 13.8 Å². The third kappa shape index (κ3) is 3.42. The van der Waals surface area contributed by atoms with Gasteiger partial charge < -0.3 is 9.72 Å². The smallest absolute Gasteiger partial charge is 0.348 e. The van der Waals surface area contributed by atoms with Crippen LogP contribution >= 0.6 is 11.3 Å². The van der Waals surface area contributed by atoms with Crippen LogP contribution in [-0.4, -0.2) is 31.0 Å². The van der Waals surface area contributed by atoms with Gasteiger partial charge in [0.05, 0.1) is 12.8 Å². The zero-order valence-electron chi connectivity index (χ0n) is 11.8. The van der Waals surface area contributed by atoms with E-state index < -0.39 is 16.0 Å². The molecule has 0 saturated carbocycles. The maximum Gasteiger partial charge on any atom is 0.348 e. The van der Waals surface area contributed by atoms with Crippen LogP contribution in [-0.2, 0) is 14.8 Å². The van der Waals surface area contributed by atoms with Crippen LogP contribution in [0.4, 0.5) is 5.00 Å². The summed E-state index contributed by atoms with van der Waals surface area (Å²) < 4.78 is 31.6. The monoisotopic (exact) mass is 329 g/mol. The Kier molecular flexibility index (Phi) is 4.33. The molecule has 0 aromatic carbocycles. The summed E-state index contributed by atoms with van der Waals surface area (Å²) in [6.07, 6.45) is 1.24. The van der Waals surface area contributed by atoms with E-state index >= 15 is 0 Å². The average molecular weight is 329 g/mol. The number of anilines is 1. The number of rotatable bonds is 5. The van der Waals surface area contributed by atoms with Gasteiger partial charge in [0.2, 0.25) is 0 Å². The van der Waals surface area contributed by atoms with Gasteiger partial charge in [-0.2, -0.15) is 8.42 Å². The van der Waals surface area contributed by atoms with Gasteiger partial charge in [-0.15, -0.1) is 11.3 Å². The van der Waals surface area contributed by atoms with Crippen molar-refractivity contribution >= 4 is 32.3 Å². The van der Waals surface area contributed by atoms with Gasteiger partial charge >= 0.3 is 5.97 Å². The van der Waals surface area contributed by atoms with Crippen LogP contribution in [0.1, 0.15) is 28.0 Å². The van der Waals surface area contributed by atoms with Crippen molar-refractivity contribution < 1.29 is 17.9 Å². The fourth-order valence-corrected chi connectivity index (χ4v) is 3.87. The first-order valence-corrected chi connectivity index (χ1v) is 8.45. The number of aromatic nitrogens is 2. The Morgan fingerprint density at radius 3 is 2.76 bits per heavy atom. The number of thiophene rings is 1. The first-order valence-electron chi connectivity index (χ1n) is 6.15. The summed E-state index contributed by atoms with van der Waals surface area (Å²) in [4.78, 5) is 18.6. The molecule has 2 heterocycles. The van der Waals surface area contributed by atoms with Crippen molar-refractivity contribution in [1.82, 2.24) is 9.97 Å². The van der Waals surface area contributed by atoms with Gasteiger partial charge in [0, 0.05) is 0 Å². The van der Waals surface area contributed by atoms with Gasteiger partial charge in [-0.25, -0.2) is 9.78 Å². The van der Waals surface area contributed by atoms with E-state index in [1.807, 2.05) is 0 Å². The molecular weight excluding hydrogens is 314 g/mol. The molecular formula is C12H15N3O4S2. The molecule has 0 fully saturated rings. The largest absolute Gasteiger partial charge is 0.462 e. The van der Waals surface area contributed by atoms with E-state index in [1.165, 1.54) is 6.20 Å². The van der Waals surface area contributed by atoms with Crippen LogP contribution in [0.5, 0.6) is 0 Å². The number of aromatic amines is 1. The van der Waals surface area contributed by atoms with Gasteiger partial charge in [0.25, 0.3) is 10.0 Å². The van der Waals surface area contributed by atoms with Crippen LogP contribution in [0.2, 0.25) is 0 Å². The number of carbonyl (C=O) groups excluding carboxylic acids is 1. The minimum Gasteiger partial charge on any atom is -0.462 e. The summed E-state index contributed by atoms with van der Waals surface area (Å²) >= 11 is 1.04. The zero-order chi connectivity index (χ0) is 15.6. The van der Waals surface area contributed by atoms with Gasteiger partial charge in [-0.05, 0) is 32.4 Å². The highest BCUT2D eigenvalue weighted by Gasteiger charge is 2.20. The second-order valence-corrected chi connectivity index (χ2v) is 6.98. The molecule has 9 heteroatoms. The number of carbonyl (C=O) groups is 1. The van der Waals surface area contributed by atoms with Gasteiger partial charge in [0.1, 0.15) is 15.7 Å². The Morgan fingerprint density at radius 2 is 2.19 bits per heavy atom. The molecule has 0 atom stereocenters. The zero-order valence-corrected chi connectivity index (χ0v) is 13.4. The van der Waals surface area contributed by atoms with E-state index in [-0.39, 0.29) is 11.6 Å². The Balaban J connectivity index is 2.24. The molecule has 0 aliphatic carbocycles. The predicted molar refractivity (Wildman–Crippen MR) is 79.1 cm³/mol. The maximum atomic E-state index is 12.1. The summed E-state index contributed by atoms with van der Waals surface area (Å²) in [5.74, 6) is 0.0489. The fourth-order valence-electron chi connectivity index (χ4n) is 1.65.